The lowest BCUT2D eigenvalue weighted by Gasteiger charge is -2.19. The van der Waals surface area contributed by atoms with Gasteiger partial charge in [0.15, 0.2) is 0 Å². The molecule has 2 atom stereocenters. The quantitative estimate of drug-likeness (QED) is 0.700. The van der Waals surface area contributed by atoms with Crippen molar-refractivity contribution in [1.29, 1.82) is 0 Å². The van der Waals surface area contributed by atoms with Gasteiger partial charge in [0.1, 0.15) is 0 Å². The Hall–Kier alpha value is -0.300. The van der Waals surface area contributed by atoms with Gasteiger partial charge in [0, 0.05) is 4.83 Å². The van der Waals surface area contributed by atoms with Gasteiger partial charge in [-0.15, -0.1) is 0 Å². The van der Waals surface area contributed by atoms with Crippen LogP contribution < -0.4 is 0 Å². The van der Waals surface area contributed by atoms with Crippen molar-refractivity contribution in [1.82, 2.24) is 0 Å². The molecule has 0 bridgehead atoms. The van der Waals surface area contributed by atoms with E-state index in [1.165, 1.54) is 18.4 Å². The van der Waals surface area contributed by atoms with Crippen molar-refractivity contribution in [3.8, 4) is 0 Å². The first-order valence-corrected chi connectivity index (χ1v) is 5.89. The van der Waals surface area contributed by atoms with E-state index < -0.39 is 0 Å². The average Bonchev–Trinajstić information content (AvgIpc) is 2.90. The Labute approximate surface area is 88.5 Å². The normalized spacial score (nSPS) is 21.1. The monoisotopic (exact) mass is 238 g/mol. The molecule has 1 fully saturated rings. The molecule has 0 radical (unpaired) electrons. The van der Waals surface area contributed by atoms with Gasteiger partial charge in [-0.3, -0.25) is 0 Å². The fraction of sp³-hybridized carbons (Fsp3) is 0.500. The number of halogens is 1. The van der Waals surface area contributed by atoms with E-state index in [0.29, 0.717) is 4.83 Å². The van der Waals surface area contributed by atoms with E-state index in [4.69, 9.17) is 0 Å². The predicted molar refractivity (Wildman–Crippen MR) is 60.3 cm³/mol. The van der Waals surface area contributed by atoms with Crippen LogP contribution in [0.25, 0.3) is 0 Å². The van der Waals surface area contributed by atoms with Crippen LogP contribution in [0.4, 0.5) is 0 Å². The third-order valence-corrected chi connectivity index (χ3v) is 3.38. The number of alkyl halides is 1. The van der Waals surface area contributed by atoms with Gasteiger partial charge < -0.3 is 0 Å². The van der Waals surface area contributed by atoms with Gasteiger partial charge in [-0.1, -0.05) is 53.2 Å². The van der Waals surface area contributed by atoms with Crippen molar-refractivity contribution in [3.63, 3.8) is 0 Å². The van der Waals surface area contributed by atoms with Gasteiger partial charge in [0.25, 0.3) is 0 Å². The standard InChI is InChI=1S/C12H15Br/c1-9(13)12(11-7-8-11)10-5-3-2-4-6-10/h2-6,9,11-12H,7-8H2,1H3. The summed E-state index contributed by atoms with van der Waals surface area (Å²) in [6.07, 6.45) is 2.82. The number of benzene rings is 1. The summed E-state index contributed by atoms with van der Waals surface area (Å²) in [5, 5.41) is 0. The van der Waals surface area contributed by atoms with Gasteiger partial charge in [0.05, 0.1) is 0 Å². The Morgan fingerprint density at radius 2 is 1.85 bits per heavy atom. The molecule has 0 N–H and O–H groups in total. The molecule has 0 aromatic heterocycles. The molecule has 0 aliphatic heterocycles. The van der Waals surface area contributed by atoms with E-state index in [0.717, 1.165) is 11.8 Å². The average molecular weight is 239 g/mol. The molecule has 2 rings (SSSR count). The molecule has 1 aliphatic rings. The number of rotatable bonds is 3. The van der Waals surface area contributed by atoms with Crippen LogP contribution in [0.2, 0.25) is 0 Å². The molecule has 0 amide bonds. The second-order valence-electron chi connectivity index (χ2n) is 3.95. The molecular formula is C12H15Br. The van der Waals surface area contributed by atoms with Crippen LogP contribution in [-0.4, -0.2) is 4.83 Å². The largest absolute Gasteiger partial charge is 0.0887 e. The van der Waals surface area contributed by atoms with Gasteiger partial charge in [0.2, 0.25) is 0 Å². The Bertz CT molecular complexity index is 260. The van der Waals surface area contributed by atoms with Gasteiger partial charge in [-0.05, 0) is 30.2 Å². The summed E-state index contributed by atoms with van der Waals surface area (Å²) in [5.41, 5.74) is 1.49. The molecule has 1 aromatic carbocycles. The second kappa shape index (κ2) is 3.83. The highest BCUT2D eigenvalue weighted by atomic mass is 79.9. The molecule has 0 spiro atoms. The topological polar surface area (TPSA) is 0 Å². The van der Waals surface area contributed by atoms with Crippen molar-refractivity contribution in [2.24, 2.45) is 5.92 Å². The summed E-state index contributed by atoms with van der Waals surface area (Å²) in [6, 6.07) is 10.9. The van der Waals surface area contributed by atoms with E-state index in [1.807, 2.05) is 0 Å². The Morgan fingerprint density at radius 3 is 2.31 bits per heavy atom. The molecular weight excluding hydrogens is 224 g/mol. The van der Waals surface area contributed by atoms with E-state index in [1.54, 1.807) is 0 Å². The minimum Gasteiger partial charge on any atom is -0.0887 e. The van der Waals surface area contributed by atoms with Crippen LogP contribution in [0.15, 0.2) is 30.3 Å². The highest BCUT2D eigenvalue weighted by Gasteiger charge is 2.34. The lowest BCUT2D eigenvalue weighted by molar-refractivity contribution is 0.605. The Balaban J connectivity index is 2.20. The molecule has 1 saturated carbocycles. The molecule has 1 aliphatic carbocycles. The highest BCUT2D eigenvalue weighted by molar-refractivity contribution is 9.09. The van der Waals surface area contributed by atoms with Gasteiger partial charge >= 0.3 is 0 Å². The minimum atomic E-state index is 0.599. The van der Waals surface area contributed by atoms with Crippen molar-refractivity contribution in [2.45, 2.75) is 30.5 Å². The molecule has 0 nitrogen and oxygen atoms in total. The lowest BCUT2D eigenvalue weighted by Crippen LogP contribution is -2.10. The Morgan fingerprint density at radius 1 is 1.23 bits per heavy atom. The maximum absolute atomic E-state index is 3.72. The summed E-state index contributed by atoms with van der Waals surface area (Å²) in [4.78, 5) is 0.599. The summed E-state index contributed by atoms with van der Waals surface area (Å²) in [6.45, 7) is 2.26. The number of hydrogen-bond donors (Lipinski definition) is 0. The van der Waals surface area contributed by atoms with Crippen LogP contribution >= 0.6 is 15.9 Å². The summed E-state index contributed by atoms with van der Waals surface area (Å²) in [7, 11) is 0. The fourth-order valence-electron chi connectivity index (χ4n) is 2.04. The van der Waals surface area contributed by atoms with E-state index in [9.17, 15) is 0 Å². The van der Waals surface area contributed by atoms with Crippen LogP contribution in [0.5, 0.6) is 0 Å². The summed E-state index contributed by atoms with van der Waals surface area (Å²) < 4.78 is 0. The maximum atomic E-state index is 3.72. The van der Waals surface area contributed by atoms with Crippen LogP contribution in [0.3, 0.4) is 0 Å². The van der Waals surface area contributed by atoms with Crippen molar-refractivity contribution in [3.05, 3.63) is 35.9 Å². The van der Waals surface area contributed by atoms with Crippen LogP contribution in [0, 0.1) is 5.92 Å². The van der Waals surface area contributed by atoms with Crippen molar-refractivity contribution >= 4 is 15.9 Å². The molecule has 1 aromatic rings. The molecule has 0 heterocycles. The lowest BCUT2D eigenvalue weighted by atomic mass is 9.92. The minimum absolute atomic E-state index is 0.599. The molecule has 0 saturated heterocycles. The molecule has 2 unspecified atom stereocenters. The third kappa shape index (κ3) is 2.14. The molecule has 1 heteroatoms. The zero-order chi connectivity index (χ0) is 9.26. The van der Waals surface area contributed by atoms with Gasteiger partial charge in [-0.2, -0.15) is 0 Å². The zero-order valence-corrected chi connectivity index (χ0v) is 9.50. The van der Waals surface area contributed by atoms with Crippen LogP contribution in [-0.2, 0) is 0 Å². The first-order valence-electron chi connectivity index (χ1n) is 4.98. The van der Waals surface area contributed by atoms with Crippen molar-refractivity contribution < 1.29 is 0 Å². The second-order valence-corrected chi connectivity index (χ2v) is 5.40. The van der Waals surface area contributed by atoms with E-state index >= 15 is 0 Å². The third-order valence-electron chi connectivity index (χ3n) is 2.81. The Kier molecular flexibility index (Phi) is 2.73. The maximum Gasteiger partial charge on any atom is 0.0188 e. The fourth-order valence-corrected chi connectivity index (χ4v) is 2.78. The summed E-state index contributed by atoms with van der Waals surface area (Å²) in [5.74, 6) is 1.65. The SMILES string of the molecule is CC(Br)C(c1ccccc1)C1CC1. The first-order chi connectivity index (χ1) is 6.29. The van der Waals surface area contributed by atoms with Crippen LogP contribution in [0.1, 0.15) is 31.2 Å². The van der Waals surface area contributed by atoms with Crippen molar-refractivity contribution in [2.75, 3.05) is 0 Å². The molecule has 13 heavy (non-hydrogen) atoms. The molecule has 70 valence electrons. The smallest absolute Gasteiger partial charge is 0.0188 e. The van der Waals surface area contributed by atoms with E-state index in [-0.39, 0.29) is 0 Å². The van der Waals surface area contributed by atoms with Gasteiger partial charge in [-0.25, -0.2) is 0 Å². The van der Waals surface area contributed by atoms with E-state index in [2.05, 4.69) is 53.2 Å². The first kappa shape index (κ1) is 9.26. The zero-order valence-electron chi connectivity index (χ0n) is 7.91. The number of hydrogen-bond acceptors (Lipinski definition) is 0. The highest BCUT2D eigenvalue weighted by Crippen LogP contribution is 2.46. The summed E-state index contributed by atoms with van der Waals surface area (Å²) >= 11 is 3.72. The predicted octanol–water partition coefficient (Wildman–Crippen LogP) is 3.96.